The van der Waals surface area contributed by atoms with Gasteiger partial charge in [-0.15, -0.1) is 0 Å². The van der Waals surface area contributed by atoms with Crippen LogP contribution in [-0.4, -0.2) is 43.2 Å². The molecule has 1 heterocycles. The Morgan fingerprint density at radius 3 is 2.65 bits per heavy atom. The van der Waals surface area contributed by atoms with Gasteiger partial charge in [0.1, 0.15) is 6.61 Å². The second-order valence-corrected chi connectivity index (χ2v) is 4.69. The van der Waals surface area contributed by atoms with Crippen molar-refractivity contribution in [2.75, 3.05) is 27.2 Å². The van der Waals surface area contributed by atoms with Gasteiger partial charge in [0.05, 0.1) is 0 Å². The Labute approximate surface area is 104 Å². The summed E-state index contributed by atoms with van der Waals surface area (Å²) in [4.78, 5) is 6.36. The Kier molecular flexibility index (Phi) is 5.94. The van der Waals surface area contributed by atoms with Crippen LogP contribution in [-0.2, 0) is 6.54 Å². The summed E-state index contributed by atoms with van der Waals surface area (Å²) in [6, 6.07) is 4.46. The van der Waals surface area contributed by atoms with Gasteiger partial charge >= 0.3 is 0 Å². The molecule has 0 unspecified atom stereocenters. The van der Waals surface area contributed by atoms with Crippen LogP contribution in [0.2, 0.25) is 0 Å². The van der Waals surface area contributed by atoms with Crippen molar-refractivity contribution in [3.05, 3.63) is 23.9 Å². The Balaban J connectivity index is 2.34. The fourth-order valence-corrected chi connectivity index (χ4v) is 1.26. The van der Waals surface area contributed by atoms with E-state index in [1.165, 1.54) is 5.56 Å². The van der Waals surface area contributed by atoms with Crippen molar-refractivity contribution in [2.24, 2.45) is 0 Å². The van der Waals surface area contributed by atoms with E-state index in [2.05, 4.69) is 29.0 Å². The van der Waals surface area contributed by atoms with Crippen molar-refractivity contribution in [1.82, 2.24) is 15.2 Å². The summed E-state index contributed by atoms with van der Waals surface area (Å²) in [6.45, 7) is 6.68. The molecule has 1 aromatic heterocycles. The van der Waals surface area contributed by atoms with E-state index in [-0.39, 0.29) is 0 Å². The van der Waals surface area contributed by atoms with Crippen LogP contribution >= 0.6 is 0 Å². The molecule has 1 rings (SSSR count). The molecule has 0 radical (unpaired) electrons. The van der Waals surface area contributed by atoms with E-state index in [0.29, 0.717) is 18.5 Å². The number of nitrogens with zero attached hydrogens (tertiary/aromatic N) is 2. The van der Waals surface area contributed by atoms with Gasteiger partial charge in [0.25, 0.3) is 0 Å². The first-order valence-corrected chi connectivity index (χ1v) is 6.04. The first-order valence-electron chi connectivity index (χ1n) is 6.04. The zero-order valence-electron chi connectivity index (χ0n) is 11.2. The Hall–Kier alpha value is -1.13. The van der Waals surface area contributed by atoms with Crippen molar-refractivity contribution >= 4 is 0 Å². The molecule has 4 nitrogen and oxygen atoms in total. The van der Waals surface area contributed by atoms with Crippen molar-refractivity contribution in [1.29, 1.82) is 0 Å². The maximum absolute atomic E-state index is 5.52. The summed E-state index contributed by atoms with van der Waals surface area (Å²) in [5, 5.41) is 3.35. The first-order chi connectivity index (χ1) is 8.08. The van der Waals surface area contributed by atoms with E-state index in [1.54, 1.807) is 0 Å². The zero-order chi connectivity index (χ0) is 12.7. The van der Waals surface area contributed by atoms with E-state index < -0.39 is 0 Å². The van der Waals surface area contributed by atoms with Gasteiger partial charge in [0.15, 0.2) is 0 Å². The van der Waals surface area contributed by atoms with Gasteiger partial charge in [-0.3, -0.25) is 0 Å². The standard InChI is InChI=1S/C13H23N3O/c1-11(2)14-9-12-5-6-13(15-10-12)17-8-7-16(3)4/h5-6,10-11,14H,7-9H2,1-4H3. The molecule has 4 heteroatoms. The summed E-state index contributed by atoms with van der Waals surface area (Å²) in [7, 11) is 4.05. The summed E-state index contributed by atoms with van der Waals surface area (Å²) < 4.78 is 5.52. The third-order valence-corrected chi connectivity index (χ3v) is 2.30. The van der Waals surface area contributed by atoms with Crippen LogP contribution in [0.25, 0.3) is 0 Å². The van der Waals surface area contributed by atoms with Gasteiger partial charge in [-0.05, 0) is 19.7 Å². The molecule has 96 valence electrons. The molecule has 0 saturated carbocycles. The molecule has 0 fully saturated rings. The van der Waals surface area contributed by atoms with E-state index in [4.69, 9.17) is 4.74 Å². The molecule has 1 aromatic rings. The highest BCUT2D eigenvalue weighted by Crippen LogP contribution is 2.07. The van der Waals surface area contributed by atoms with Crippen LogP contribution in [0.5, 0.6) is 5.88 Å². The maximum Gasteiger partial charge on any atom is 0.213 e. The zero-order valence-corrected chi connectivity index (χ0v) is 11.2. The molecule has 0 saturated heterocycles. The number of likely N-dealkylation sites (N-methyl/N-ethyl adjacent to an activating group) is 1. The number of hydrogen-bond donors (Lipinski definition) is 1. The predicted molar refractivity (Wildman–Crippen MR) is 70.3 cm³/mol. The van der Waals surface area contributed by atoms with Gasteiger partial charge in [-0.1, -0.05) is 19.9 Å². The average molecular weight is 237 g/mol. The summed E-state index contributed by atoms with van der Waals surface area (Å²) in [5.74, 6) is 0.695. The monoisotopic (exact) mass is 237 g/mol. The second-order valence-electron chi connectivity index (χ2n) is 4.69. The Bertz CT molecular complexity index is 309. The molecule has 1 N–H and O–H groups in total. The second kappa shape index (κ2) is 7.25. The summed E-state index contributed by atoms with van der Waals surface area (Å²) in [5.41, 5.74) is 1.18. The lowest BCUT2D eigenvalue weighted by atomic mass is 10.2. The normalized spacial score (nSPS) is 11.2. The molecular formula is C13H23N3O. The molecule has 0 spiro atoms. The van der Waals surface area contributed by atoms with Gasteiger partial charge in [-0.25, -0.2) is 4.98 Å². The lowest BCUT2D eigenvalue weighted by Gasteiger charge is -2.11. The number of ether oxygens (including phenoxy) is 1. The summed E-state index contributed by atoms with van der Waals surface area (Å²) in [6.07, 6.45) is 1.86. The minimum Gasteiger partial charge on any atom is -0.476 e. The van der Waals surface area contributed by atoms with E-state index in [0.717, 1.165) is 13.1 Å². The number of pyridine rings is 1. The Morgan fingerprint density at radius 2 is 2.12 bits per heavy atom. The fraction of sp³-hybridized carbons (Fsp3) is 0.615. The highest BCUT2D eigenvalue weighted by molar-refractivity contribution is 5.17. The summed E-state index contributed by atoms with van der Waals surface area (Å²) >= 11 is 0. The SMILES string of the molecule is CC(C)NCc1ccc(OCCN(C)C)nc1. The van der Waals surface area contributed by atoms with Crippen molar-refractivity contribution in [3.8, 4) is 5.88 Å². The third kappa shape index (κ3) is 6.24. The molecule has 0 aliphatic rings. The largest absolute Gasteiger partial charge is 0.476 e. The molecule has 0 atom stereocenters. The molecule has 0 aromatic carbocycles. The molecule has 17 heavy (non-hydrogen) atoms. The van der Waals surface area contributed by atoms with E-state index in [9.17, 15) is 0 Å². The van der Waals surface area contributed by atoms with Crippen LogP contribution in [0, 0.1) is 0 Å². The minimum absolute atomic E-state index is 0.492. The minimum atomic E-state index is 0.492. The molecule has 0 bridgehead atoms. The van der Waals surface area contributed by atoms with Crippen LogP contribution in [0.4, 0.5) is 0 Å². The lowest BCUT2D eigenvalue weighted by Crippen LogP contribution is -2.22. The highest BCUT2D eigenvalue weighted by atomic mass is 16.5. The van der Waals surface area contributed by atoms with Crippen molar-refractivity contribution in [2.45, 2.75) is 26.4 Å². The van der Waals surface area contributed by atoms with Crippen LogP contribution in [0.15, 0.2) is 18.3 Å². The molecular weight excluding hydrogens is 214 g/mol. The van der Waals surface area contributed by atoms with Gasteiger partial charge < -0.3 is 15.0 Å². The predicted octanol–water partition coefficient (Wildman–Crippen LogP) is 1.52. The van der Waals surface area contributed by atoms with Crippen molar-refractivity contribution in [3.63, 3.8) is 0 Å². The Morgan fingerprint density at radius 1 is 1.35 bits per heavy atom. The lowest BCUT2D eigenvalue weighted by molar-refractivity contribution is 0.254. The third-order valence-electron chi connectivity index (χ3n) is 2.30. The number of rotatable bonds is 7. The van der Waals surface area contributed by atoms with Gasteiger partial charge in [-0.2, -0.15) is 0 Å². The van der Waals surface area contributed by atoms with Crippen molar-refractivity contribution < 1.29 is 4.74 Å². The fourth-order valence-electron chi connectivity index (χ4n) is 1.26. The smallest absolute Gasteiger partial charge is 0.213 e. The first kappa shape index (κ1) is 13.9. The van der Waals surface area contributed by atoms with Crippen LogP contribution < -0.4 is 10.1 Å². The maximum atomic E-state index is 5.52. The molecule has 0 amide bonds. The van der Waals surface area contributed by atoms with Crippen LogP contribution in [0.1, 0.15) is 19.4 Å². The average Bonchev–Trinajstić information content (AvgIpc) is 2.27. The van der Waals surface area contributed by atoms with Gasteiger partial charge in [0.2, 0.25) is 5.88 Å². The number of nitrogens with one attached hydrogen (secondary N) is 1. The number of aromatic nitrogens is 1. The van der Waals surface area contributed by atoms with E-state index >= 15 is 0 Å². The van der Waals surface area contributed by atoms with Gasteiger partial charge in [0, 0.05) is 31.4 Å². The number of hydrogen-bond acceptors (Lipinski definition) is 4. The molecule has 0 aliphatic heterocycles. The topological polar surface area (TPSA) is 37.4 Å². The highest BCUT2D eigenvalue weighted by Gasteiger charge is 1.99. The van der Waals surface area contributed by atoms with E-state index in [1.807, 2.05) is 32.4 Å². The quantitative estimate of drug-likeness (QED) is 0.780. The van der Waals surface area contributed by atoms with Crippen LogP contribution in [0.3, 0.4) is 0 Å². The molecule has 0 aliphatic carbocycles.